The van der Waals surface area contributed by atoms with Gasteiger partial charge in [0.25, 0.3) is 0 Å². The molecular formula is C21H18ClNO6. The number of hydrogen-bond acceptors (Lipinski definition) is 6. The Morgan fingerprint density at radius 3 is 2.62 bits per heavy atom. The zero-order valence-corrected chi connectivity index (χ0v) is 16.7. The molecule has 150 valence electrons. The molecule has 3 aromatic rings. The lowest BCUT2D eigenvalue weighted by molar-refractivity contribution is -0.115. The number of amides is 1. The van der Waals surface area contributed by atoms with Crippen LogP contribution in [0.2, 0.25) is 5.02 Å². The fourth-order valence-electron chi connectivity index (χ4n) is 3.13. The molecule has 1 amide bonds. The van der Waals surface area contributed by atoms with Crippen molar-refractivity contribution in [1.82, 2.24) is 0 Å². The topological polar surface area (TPSA) is 106 Å². The van der Waals surface area contributed by atoms with Crippen molar-refractivity contribution in [2.75, 3.05) is 12.4 Å². The molecule has 29 heavy (non-hydrogen) atoms. The molecule has 1 aromatic heterocycles. The van der Waals surface area contributed by atoms with E-state index in [2.05, 4.69) is 5.32 Å². The first kappa shape index (κ1) is 20.4. The van der Waals surface area contributed by atoms with Crippen LogP contribution in [0.3, 0.4) is 0 Å². The second-order valence-corrected chi connectivity index (χ2v) is 6.99. The van der Waals surface area contributed by atoms with Crippen molar-refractivity contribution >= 4 is 40.1 Å². The number of aromatic hydroxyl groups is 1. The number of ether oxygens (including phenoxy) is 1. The minimum Gasteiger partial charge on any atom is -0.507 e. The number of halogens is 1. The summed E-state index contributed by atoms with van der Waals surface area (Å²) in [7, 11) is 1.22. The predicted octanol–water partition coefficient (Wildman–Crippen LogP) is 3.74. The fourth-order valence-corrected chi connectivity index (χ4v) is 3.30. The van der Waals surface area contributed by atoms with Gasteiger partial charge in [0, 0.05) is 5.02 Å². The number of fused-ring (bicyclic) bond motifs is 1. The molecule has 8 heteroatoms. The molecule has 0 saturated heterocycles. The lowest BCUT2D eigenvalue weighted by Gasteiger charge is -2.12. The van der Waals surface area contributed by atoms with E-state index < -0.39 is 17.5 Å². The number of methoxy groups -OCH3 is 1. The number of phenolic OH excluding ortho intramolecular Hbond substituents is 1. The van der Waals surface area contributed by atoms with Gasteiger partial charge in [-0.05, 0) is 55.3 Å². The number of carbonyl (C=O) groups is 2. The Balaban J connectivity index is 1.97. The SMILES string of the molecule is COC(=O)c1ccc(Cl)cc1NC(=O)Cc1c(C)c2c(O)cc(C)cc2oc1=O. The normalized spacial score (nSPS) is 10.8. The first-order valence-electron chi connectivity index (χ1n) is 8.65. The maximum absolute atomic E-state index is 12.6. The number of benzene rings is 2. The van der Waals surface area contributed by atoms with Gasteiger partial charge in [0.1, 0.15) is 11.3 Å². The first-order valence-corrected chi connectivity index (χ1v) is 9.02. The van der Waals surface area contributed by atoms with E-state index in [9.17, 15) is 19.5 Å². The minimum absolute atomic E-state index is 0.0364. The number of aryl methyl sites for hydroxylation is 2. The molecule has 0 unspecified atom stereocenters. The summed E-state index contributed by atoms with van der Waals surface area (Å²) in [5.41, 5.74) is 1.15. The summed E-state index contributed by atoms with van der Waals surface area (Å²) in [4.78, 5) is 36.9. The van der Waals surface area contributed by atoms with E-state index in [-0.39, 0.29) is 34.6 Å². The van der Waals surface area contributed by atoms with Crippen LogP contribution in [0.25, 0.3) is 11.0 Å². The molecule has 2 N–H and O–H groups in total. The zero-order chi connectivity index (χ0) is 21.3. The molecule has 2 aromatic carbocycles. The molecule has 0 bridgehead atoms. The summed E-state index contributed by atoms with van der Waals surface area (Å²) in [6.45, 7) is 3.40. The van der Waals surface area contributed by atoms with E-state index in [0.717, 1.165) is 5.56 Å². The minimum atomic E-state index is -0.672. The van der Waals surface area contributed by atoms with E-state index in [1.807, 2.05) is 0 Å². The van der Waals surface area contributed by atoms with E-state index in [0.29, 0.717) is 16.0 Å². The maximum atomic E-state index is 12.6. The molecule has 1 heterocycles. The molecule has 0 fully saturated rings. The van der Waals surface area contributed by atoms with Gasteiger partial charge in [-0.1, -0.05) is 11.6 Å². The third kappa shape index (κ3) is 4.09. The quantitative estimate of drug-likeness (QED) is 0.496. The smallest absolute Gasteiger partial charge is 0.340 e. The number of nitrogens with one attached hydrogen (secondary N) is 1. The van der Waals surface area contributed by atoms with Crippen LogP contribution in [0.15, 0.2) is 39.5 Å². The molecule has 0 aliphatic carbocycles. The van der Waals surface area contributed by atoms with Crippen LogP contribution in [0.5, 0.6) is 5.75 Å². The number of rotatable bonds is 4. The molecule has 0 saturated carbocycles. The second-order valence-electron chi connectivity index (χ2n) is 6.56. The largest absolute Gasteiger partial charge is 0.507 e. The van der Waals surface area contributed by atoms with Crippen LogP contribution in [0, 0.1) is 13.8 Å². The van der Waals surface area contributed by atoms with Crippen molar-refractivity contribution in [2.24, 2.45) is 0 Å². The average Bonchev–Trinajstić information content (AvgIpc) is 2.64. The highest BCUT2D eigenvalue weighted by Crippen LogP contribution is 2.30. The standard InChI is InChI=1S/C21H18ClNO6/c1-10-6-16(24)19-11(2)14(21(27)29-17(19)7-10)9-18(25)23-15-8-12(22)4-5-13(15)20(26)28-3/h4-8,24H,9H2,1-3H3,(H,23,25). The number of anilines is 1. The molecule has 0 aliphatic heterocycles. The van der Waals surface area contributed by atoms with Gasteiger partial charge in [-0.25, -0.2) is 9.59 Å². The summed E-state index contributed by atoms with van der Waals surface area (Å²) in [5.74, 6) is -1.23. The van der Waals surface area contributed by atoms with Gasteiger partial charge in [-0.2, -0.15) is 0 Å². The van der Waals surface area contributed by atoms with Gasteiger partial charge in [-0.3, -0.25) is 4.79 Å². The first-order chi connectivity index (χ1) is 13.7. The number of phenols is 1. The number of esters is 1. The summed E-state index contributed by atoms with van der Waals surface area (Å²) in [6, 6.07) is 7.53. The molecule has 7 nitrogen and oxygen atoms in total. The number of hydrogen-bond donors (Lipinski definition) is 2. The summed E-state index contributed by atoms with van der Waals surface area (Å²) in [6.07, 6.45) is -0.315. The highest BCUT2D eigenvalue weighted by atomic mass is 35.5. The number of carbonyl (C=O) groups excluding carboxylic acids is 2. The van der Waals surface area contributed by atoms with Crippen LogP contribution in [-0.4, -0.2) is 24.1 Å². The highest BCUT2D eigenvalue weighted by Gasteiger charge is 2.19. The van der Waals surface area contributed by atoms with E-state index in [1.165, 1.54) is 25.3 Å². The molecular weight excluding hydrogens is 398 g/mol. The monoisotopic (exact) mass is 415 g/mol. The summed E-state index contributed by atoms with van der Waals surface area (Å²) >= 11 is 5.96. The maximum Gasteiger partial charge on any atom is 0.340 e. The Morgan fingerprint density at radius 1 is 1.21 bits per heavy atom. The van der Waals surface area contributed by atoms with Crippen molar-refractivity contribution in [2.45, 2.75) is 20.3 Å². The third-order valence-corrected chi connectivity index (χ3v) is 4.74. The molecule has 0 radical (unpaired) electrons. The Labute approximate surface area is 170 Å². The summed E-state index contributed by atoms with van der Waals surface area (Å²) in [5, 5.41) is 13.5. The molecule has 0 atom stereocenters. The van der Waals surface area contributed by atoms with Crippen molar-refractivity contribution in [3.63, 3.8) is 0 Å². The highest BCUT2D eigenvalue weighted by molar-refractivity contribution is 6.31. The van der Waals surface area contributed by atoms with Crippen molar-refractivity contribution in [1.29, 1.82) is 0 Å². The Hall–Kier alpha value is -3.32. The predicted molar refractivity (Wildman–Crippen MR) is 109 cm³/mol. The van der Waals surface area contributed by atoms with Crippen LogP contribution in [-0.2, 0) is 16.0 Å². The van der Waals surface area contributed by atoms with Crippen molar-refractivity contribution in [3.8, 4) is 5.75 Å². The van der Waals surface area contributed by atoms with Crippen LogP contribution >= 0.6 is 11.6 Å². The van der Waals surface area contributed by atoms with Crippen LogP contribution in [0.4, 0.5) is 5.69 Å². The molecule has 0 aliphatic rings. The third-order valence-electron chi connectivity index (χ3n) is 4.50. The average molecular weight is 416 g/mol. The fraction of sp³-hybridized carbons (Fsp3) is 0.190. The van der Waals surface area contributed by atoms with Gasteiger partial charge >= 0.3 is 11.6 Å². The van der Waals surface area contributed by atoms with Gasteiger partial charge in [0.2, 0.25) is 5.91 Å². The Kier molecular flexibility index (Phi) is 5.61. The Bertz CT molecular complexity index is 1200. The van der Waals surface area contributed by atoms with Gasteiger partial charge in [0.05, 0.1) is 35.7 Å². The van der Waals surface area contributed by atoms with Crippen molar-refractivity contribution < 1.29 is 23.8 Å². The van der Waals surface area contributed by atoms with E-state index in [4.69, 9.17) is 20.8 Å². The van der Waals surface area contributed by atoms with E-state index >= 15 is 0 Å². The van der Waals surface area contributed by atoms with Gasteiger partial charge in [-0.15, -0.1) is 0 Å². The molecule has 0 spiro atoms. The zero-order valence-electron chi connectivity index (χ0n) is 16.0. The van der Waals surface area contributed by atoms with Crippen LogP contribution < -0.4 is 10.9 Å². The lowest BCUT2D eigenvalue weighted by atomic mass is 10.0. The lowest BCUT2D eigenvalue weighted by Crippen LogP contribution is -2.22. The van der Waals surface area contributed by atoms with Crippen LogP contribution in [0.1, 0.15) is 27.0 Å². The van der Waals surface area contributed by atoms with Gasteiger partial charge in [0.15, 0.2) is 0 Å². The second kappa shape index (κ2) is 7.97. The van der Waals surface area contributed by atoms with Crippen molar-refractivity contribution in [3.05, 3.63) is 68.0 Å². The Morgan fingerprint density at radius 2 is 1.93 bits per heavy atom. The summed E-state index contributed by atoms with van der Waals surface area (Å²) < 4.78 is 9.99. The molecule has 3 rings (SSSR count). The van der Waals surface area contributed by atoms with Gasteiger partial charge < -0.3 is 19.6 Å². The van der Waals surface area contributed by atoms with E-state index in [1.54, 1.807) is 26.0 Å².